The molecule has 0 bridgehead atoms. The van der Waals surface area contributed by atoms with Crippen molar-refractivity contribution in [3.63, 3.8) is 0 Å². The molecule has 0 aromatic rings. The SMILES string of the molecule is O=S1(=O)[CH]COCC1. The van der Waals surface area contributed by atoms with Crippen molar-refractivity contribution in [2.24, 2.45) is 0 Å². The highest BCUT2D eigenvalue weighted by Crippen LogP contribution is 2.01. The van der Waals surface area contributed by atoms with Crippen molar-refractivity contribution >= 4 is 9.84 Å². The minimum Gasteiger partial charge on any atom is -0.379 e. The van der Waals surface area contributed by atoms with Crippen LogP contribution in [0.4, 0.5) is 0 Å². The molecule has 1 fully saturated rings. The summed E-state index contributed by atoms with van der Waals surface area (Å²) in [6, 6.07) is 0. The van der Waals surface area contributed by atoms with Gasteiger partial charge in [-0.3, -0.25) is 0 Å². The van der Waals surface area contributed by atoms with Crippen molar-refractivity contribution in [2.45, 2.75) is 0 Å². The summed E-state index contributed by atoms with van der Waals surface area (Å²) in [5, 5.41) is 0. The van der Waals surface area contributed by atoms with Crippen molar-refractivity contribution in [1.29, 1.82) is 0 Å². The van der Waals surface area contributed by atoms with Crippen LogP contribution in [-0.2, 0) is 14.6 Å². The van der Waals surface area contributed by atoms with Crippen molar-refractivity contribution < 1.29 is 13.2 Å². The summed E-state index contributed by atoms with van der Waals surface area (Å²) >= 11 is 0. The van der Waals surface area contributed by atoms with Gasteiger partial charge in [-0.15, -0.1) is 0 Å². The third-order valence-electron chi connectivity index (χ3n) is 0.952. The minimum atomic E-state index is -2.83. The fourth-order valence-corrected chi connectivity index (χ4v) is 1.31. The molecule has 0 atom stereocenters. The minimum absolute atomic E-state index is 0.146. The van der Waals surface area contributed by atoms with Gasteiger partial charge in [0.15, 0.2) is 9.84 Å². The first-order chi connectivity index (χ1) is 3.71. The fourth-order valence-electron chi connectivity index (χ4n) is 0.494. The van der Waals surface area contributed by atoms with Gasteiger partial charge >= 0.3 is 0 Å². The molecule has 1 saturated heterocycles. The second kappa shape index (κ2) is 2.03. The van der Waals surface area contributed by atoms with Crippen LogP contribution in [0.2, 0.25) is 0 Å². The van der Waals surface area contributed by atoms with E-state index in [9.17, 15) is 8.42 Å². The molecule has 0 saturated carbocycles. The van der Waals surface area contributed by atoms with Gasteiger partial charge in [-0.2, -0.15) is 0 Å². The lowest BCUT2D eigenvalue weighted by molar-refractivity contribution is 0.167. The molecule has 4 heteroatoms. The topological polar surface area (TPSA) is 43.4 Å². The highest BCUT2D eigenvalue weighted by Gasteiger charge is 2.15. The van der Waals surface area contributed by atoms with Crippen LogP contribution in [-0.4, -0.2) is 27.4 Å². The quantitative estimate of drug-likeness (QED) is 0.453. The Kier molecular flexibility index (Phi) is 1.53. The molecule has 8 heavy (non-hydrogen) atoms. The Balaban J connectivity index is 2.58. The summed E-state index contributed by atoms with van der Waals surface area (Å²) in [7, 11) is -2.83. The summed E-state index contributed by atoms with van der Waals surface area (Å²) in [4.78, 5) is 0. The Labute approximate surface area is 48.6 Å². The average molecular weight is 135 g/mol. The first-order valence-corrected chi connectivity index (χ1v) is 4.06. The maximum atomic E-state index is 10.5. The first-order valence-electron chi connectivity index (χ1n) is 2.34. The van der Waals surface area contributed by atoms with Gasteiger partial charge in [0.25, 0.3) is 0 Å². The molecule has 0 unspecified atom stereocenters. The van der Waals surface area contributed by atoms with Gasteiger partial charge in [0.05, 0.1) is 19.0 Å². The molecular weight excluding hydrogens is 128 g/mol. The zero-order chi connectivity index (χ0) is 6.04. The third kappa shape index (κ3) is 1.45. The highest BCUT2D eigenvalue weighted by molar-refractivity contribution is 7.93. The molecule has 1 radical (unpaired) electrons. The van der Waals surface area contributed by atoms with Crippen molar-refractivity contribution in [3.05, 3.63) is 5.75 Å². The maximum Gasteiger partial charge on any atom is 0.159 e. The molecule has 1 aliphatic heterocycles. The molecule has 0 spiro atoms. The van der Waals surface area contributed by atoms with E-state index in [0.29, 0.717) is 6.61 Å². The molecule has 1 rings (SSSR count). The molecule has 1 aliphatic rings. The molecule has 47 valence electrons. The number of hydrogen-bond acceptors (Lipinski definition) is 3. The lowest BCUT2D eigenvalue weighted by Gasteiger charge is -2.09. The predicted octanol–water partition coefficient (Wildman–Crippen LogP) is -0.407. The van der Waals surface area contributed by atoms with Crippen LogP contribution in [0.5, 0.6) is 0 Å². The Bertz CT molecular complexity index is 146. The largest absolute Gasteiger partial charge is 0.379 e. The van der Waals surface area contributed by atoms with E-state index in [4.69, 9.17) is 4.74 Å². The number of ether oxygens (including phenoxy) is 1. The number of rotatable bonds is 0. The van der Waals surface area contributed by atoms with E-state index >= 15 is 0 Å². The Hall–Kier alpha value is -0.0900. The average Bonchev–Trinajstić information content (AvgIpc) is 1.65. The molecule has 0 aromatic carbocycles. The van der Waals surface area contributed by atoms with E-state index in [-0.39, 0.29) is 12.4 Å². The Morgan fingerprint density at radius 3 is 2.50 bits per heavy atom. The Morgan fingerprint density at radius 1 is 1.50 bits per heavy atom. The standard InChI is InChI=1S/C4H7O3S/c5-8(6)3-1-7-2-4-8/h3H,1-2,4H2. The van der Waals surface area contributed by atoms with E-state index in [1.807, 2.05) is 0 Å². The van der Waals surface area contributed by atoms with Crippen LogP contribution < -0.4 is 0 Å². The summed E-state index contributed by atoms with van der Waals surface area (Å²) in [6.07, 6.45) is 0. The monoisotopic (exact) mass is 135 g/mol. The van der Waals surface area contributed by atoms with Gasteiger partial charge in [0.1, 0.15) is 5.75 Å². The molecule has 0 N–H and O–H groups in total. The van der Waals surface area contributed by atoms with Gasteiger partial charge in [0.2, 0.25) is 0 Å². The molecule has 3 nitrogen and oxygen atoms in total. The summed E-state index contributed by atoms with van der Waals surface area (Å²) in [5.74, 6) is 1.35. The third-order valence-corrected chi connectivity index (χ3v) is 2.33. The van der Waals surface area contributed by atoms with Crippen LogP contribution in [0.3, 0.4) is 0 Å². The molecular formula is C4H7O3S. The zero-order valence-electron chi connectivity index (χ0n) is 4.33. The van der Waals surface area contributed by atoms with Gasteiger partial charge in [-0.1, -0.05) is 0 Å². The maximum absolute atomic E-state index is 10.5. The van der Waals surface area contributed by atoms with Gasteiger partial charge < -0.3 is 4.74 Å². The molecule has 0 aliphatic carbocycles. The first kappa shape index (κ1) is 6.04. The summed E-state index contributed by atoms with van der Waals surface area (Å²) in [6.45, 7) is 0.598. The van der Waals surface area contributed by atoms with E-state index in [1.54, 1.807) is 0 Å². The smallest absolute Gasteiger partial charge is 0.159 e. The van der Waals surface area contributed by atoms with Gasteiger partial charge in [-0.05, 0) is 0 Å². The summed E-state index contributed by atoms with van der Waals surface area (Å²) < 4.78 is 25.8. The zero-order valence-corrected chi connectivity index (χ0v) is 5.15. The molecule has 1 heterocycles. The lowest BCUT2D eigenvalue weighted by Crippen LogP contribution is -2.21. The van der Waals surface area contributed by atoms with Crippen LogP contribution in [0.25, 0.3) is 0 Å². The van der Waals surface area contributed by atoms with Crippen molar-refractivity contribution in [1.82, 2.24) is 0 Å². The van der Waals surface area contributed by atoms with E-state index in [2.05, 4.69) is 0 Å². The highest BCUT2D eigenvalue weighted by atomic mass is 32.2. The van der Waals surface area contributed by atoms with Crippen LogP contribution >= 0.6 is 0 Å². The van der Waals surface area contributed by atoms with Gasteiger partial charge in [0, 0.05) is 0 Å². The predicted molar refractivity (Wildman–Crippen MR) is 28.9 cm³/mol. The van der Waals surface area contributed by atoms with E-state index < -0.39 is 9.84 Å². The van der Waals surface area contributed by atoms with Crippen LogP contribution in [0.15, 0.2) is 0 Å². The Morgan fingerprint density at radius 2 is 2.25 bits per heavy atom. The van der Waals surface area contributed by atoms with Gasteiger partial charge in [-0.25, -0.2) is 8.42 Å². The van der Waals surface area contributed by atoms with Crippen molar-refractivity contribution in [3.8, 4) is 0 Å². The molecule has 0 aromatic heterocycles. The van der Waals surface area contributed by atoms with Crippen LogP contribution in [0, 0.1) is 5.75 Å². The number of hydrogen-bond donors (Lipinski definition) is 0. The second-order valence-electron chi connectivity index (χ2n) is 1.61. The van der Waals surface area contributed by atoms with E-state index in [0.717, 1.165) is 0 Å². The van der Waals surface area contributed by atoms with Crippen LogP contribution in [0.1, 0.15) is 0 Å². The van der Waals surface area contributed by atoms with E-state index in [1.165, 1.54) is 5.75 Å². The van der Waals surface area contributed by atoms with Crippen molar-refractivity contribution in [2.75, 3.05) is 19.0 Å². The molecule has 0 amide bonds. The second-order valence-corrected chi connectivity index (χ2v) is 3.68. The number of sulfone groups is 1. The fraction of sp³-hybridized carbons (Fsp3) is 0.750. The lowest BCUT2D eigenvalue weighted by atomic mass is 10.8. The normalized spacial score (nSPS) is 27.5. The summed E-state index contributed by atoms with van der Waals surface area (Å²) in [5.41, 5.74) is 0.